The van der Waals surface area contributed by atoms with E-state index in [0.29, 0.717) is 36.6 Å². The highest BCUT2D eigenvalue weighted by Crippen LogP contribution is 2.29. The van der Waals surface area contributed by atoms with Crippen molar-refractivity contribution in [2.45, 2.75) is 25.9 Å². The molecule has 132 valence electrons. The Labute approximate surface area is 165 Å². The second kappa shape index (κ2) is 8.38. The van der Waals surface area contributed by atoms with Gasteiger partial charge in [-0.05, 0) is 30.0 Å². The van der Waals surface area contributed by atoms with Gasteiger partial charge in [0, 0.05) is 37.7 Å². The van der Waals surface area contributed by atoms with Crippen molar-refractivity contribution in [3.8, 4) is 0 Å². The standard InChI is InChI=1S/C17H23ClN4O.HI/c1-12-9-15(12)20-17(19-2)22-8-7-21(16(23)11-22)10-13-3-5-14(18)6-4-13;/h3-6,12,15H,7-11H2,1-2H3,(H,19,20);1H. The van der Waals surface area contributed by atoms with Gasteiger partial charge in [-0.3, -0.25) is 9.79 Å². The molecule has 7 heteroatoms. The largest absolute Gasteiger partial charge is 0.353 e. The van der Waals surface area contributed by atoms with Gasteiger partial charge in [0.2, 0.25) is 5.91 Å². The van der Waals surface area contributed by atoms with E-state index in [-0.39, 0.29) is 29.9 Å². The number of carbonyl (C=O) groups excluding carboxylic acids is 1. The maximum atomic E-state index is 12.4. The average Bonchev–Trinajstić information content (AvgIpc) is 3.24. The molecule has 5 nitrogen and oxygen atoms in total. The third kappa shape index (κ3) is 4.75. The molecule has 2 aliphatic rings. The van der Waals surface area contributed by atoms with Crippen LogP contribution in [0.3, 0.4) is 0 Å². The lowest BCUT2D eigenvalue weighted by atomic mass is 10.2. The van der Waals surface area contributed by atoms with Gasteiger partial charge >= 0.3 is 0 Å². The number of nitrogens with one attached hydrogen (secondary N) is 1. The number of guanidine groups is 1. The van der Waals surface area contributed by atoms with Crippen LogP contribution in [0.1, 0.15) is 18.9 Å². The van der Waals surface area contributed by atoms with Gasteiger partial charge in [0.05, 0.1) is 6.54 Å². The molecule has 2 unspecified atom stereocenters. The lowest BCUT2D eigenvalue weighted by molar-refractivity contribution is -0.135. The number of amides is 1. The van der Waals surface area contributed by atoms with Crippen LogP contribution in [0.2, 0.25) is 5.02 Å². The first-order valence-electron chi connectivity index (χ1n) is 8.07. The molecule has 0 aromatic heterocycles. The average molecular weight is 463 g/mol. The molecule has 1 aliphatic carbocycles. The van der Waals surface area contributed by atoms with Crippen molar-refractivity contribution in [2.75, 3.05) is 26.7 Å². The maximum Gasteiger partial charge on any atom is 0.242 e. The number of halogens is 2. The van der Waals surface area contributed by atoms with Crippen LogP contribution in [-0.2, 0) is 11.3 Å². The fraction of sp³-hybridized carbons (Fsp3) is 0.529. The molecule has 1 N–H and O–H groups in total. The summed E-state index contributed by atoms with van der Waals surface area (Å²) in [6, 6.07) is 8.17. The molecular formula is C17H24ClIN4O. The Kier molecular flexibility index (Phi) is 6.74. The van der Waals surface area contributed by atoms with Crippen LogP contribution in [0.4, 0.5) is 0 Å². The van der Waals surface area contributed by atoms with E-state index >= 15 is 0 Å². The number of hydrogen-bond acceptors (Lipinski definition) is 2. The first kappa shape index (κ1) is 19.3. The zero-order valence-corrected chi connectivity index (χ0v) is 17.1. The van der Waals surface area contributed by atoms with Crippen molar-refractivity contribution in [3.05, 3.63) is 34.9 Å². The minimum absolute atomic E-state index is 0. The zero-order chi connectivity index (χ0) is 16.4. The highest BCUT2D eigenvalue weighted by molar-refractivity contribution is 14.0. The van der Waals surface area contributed by atoms with Gasteiger partial charge in [-0.15, -0.1) is 24.0 Å². The van der Waals surface area contributed by atoms with Crippen LogP contribution >= 0.6 is 35.6 Å². The van der Waals surface area contributed by atoms with Crippen molar-refractivity contribution in [1.29, 1.82) is 0 Å². The smallest absolute Gasteiger partial charge is 0.242 e. The van der Waals surface area contributed by atoms with E-state index in [9.17, 15) is 4.79 Å². The zero-order valence-electron chi connectivity index (χ0n) is 14.0. The number of nitrogens with zero attached hydrogens (tertiary/aromatic N) is 3. The minimum Gasteiger partial charge on any atom is -0.353 e. The molecule has 1 amide bonds. The van der Waals surface area contributed by atoms with Gasteiger partial charge in [-0.1, -0.05) is 30.7 Å². The van der Waals surface area contributed by atoms with E-state index in [1.807, 2.05) is 34.1 Å². The molecule has 1 saturated carbocycles. The molecular weight excluding hydrogens is 439 g/mol. The number of hydrogen-bond donors (Lipinski definition) is 1. The lowest BCUT2D eigenvalue weighted by Gasteiger charge is -2.36. The molecule has 3 rings (SSSR count). The Hall–Kier alpha value is -1.02. The summed E-state index contributed by atoms with van der Waals surface area (Å²) in [5.41, 5.74) is 1.10. The van der Waals surface area contributed by atoms with Gasteiger partial charge in [-0.25, -0.2) is 0 Å². The Morgan fingerprint density at radius 1 is 1.33 bits per heavy atom. The molecule has 2 fully saturated rings. The van der Waals surface area contributed by atoms with Crippen LogP contribution < -0.4 is 5.32 Å². The van der Waals surface area contributed by atoms with Gasteiger partial charge in [0.25, 0.3) is 0 Å². The topological polar surface area (TPSA) is 47.9 Å². The Balaban J connectivity index is 0.00000208. The highest BCUT2D eigenvalue weighted by atomic mass is 127. The maximum absolute atomic E-state index is 12.4. The monoisotopic (exact) mass is 462 g/mol. The summed E-state index contributed by atoms with van der Waals surface area (Å²) >= 11 is 5.90. The second-order valence-corrected chi connectivity index (χ2v) is 6.81. The third-order valence-corrected chi connectivity index (χ3v) is 4.79. The van der Waals surface area contributed by atoms with Crippen molar-refractivity contribution in [2.24, 2.45) is 10.9 Å². The molecule has 1 aliphatic heterocycles. The summed E-state index contributed by atoms with van der Waals surface area (Å²) in [5, 5.41) is 4.16. The van der Waals surface area contributed by atoms with E-state index < -0.39 is 0 Å². The predicted octanol–water partition coefficient (Wildman–Crippen LogP) is 2.59. The third-order valence-electron chi connectivity index (χ3n) is 4.54. The van der Waals surface area contributed by atoms with E-state index in [2.05, 4.69) is 17.2 Å². The van der Waals surface area contributed by atoms with Gasteiger partial charge in [0.1, 0.15) is 0 Å². The Bertz CT molecular complexity index is 607. The van der Waals surface area contributed by atoms with Crippen molar-refractivity contribution in [3.63, 3.8) is 0 Å². The summed E-state index contributed by atoms with van der Waals surface area (Å²) in [7, 11) is 1.78. The molecule has 24 heavy (non-hydrogen) atoms. The van der Waals surface area contributed by atoms with Crippen LogP contribution in [0.15, 0.2) is 29.3 Å². The van der Waals surface area contributed by atoms with E-state index in [0.717, 1.165) is 18.1 Å². The van der Waals surface area contributed by atoms with E-state index in [4.69, 9.17) is 11.6 Å². The summed E-state index contributed by atoms with van der Waals surface area (Å²) in [6.45, 7) is 4.76. The van der Waals surface area contributed by atoms with Gasteiger partial charge in [-0.2, -0.15) is 0 Å². The molecule has 1 saturated heterocycles. The summed E-state index contributed by atoms with van der Waals surface area (Å²) in [5.74, 6) is 1.69. The number of carbonyl (C=O) groups is 1. The fourth-order valence-electron chi connectivity index (χ4n) is 2.85. The Morgan fingerprint density at radius 2 is 2.00 bits per heavy atom. The summed E-state index contributed by atoms with van der Waals surface area (Å²) in [4.78, 5) is 20.7. The lowest BCUT2D eigenvalue weighted by Crippen LogP contribution is -2.55. The number of rotatable bonds is 3. The highest BCUT2D eigenvalue weighted by Gasteiger charge is 2.35. The molecule has 1 aromatic rings. The Morgan fingerprint density at radius 3 is 2.54 bits per heavy atom. The first-order chi connectivity index (χ1) is 11.1. The molecule has 1 heterocycles. The second-order valence-electron chi connectivity index (χ2n) is 6.37. The normalized spacial score (nSPS) is 23.8. The summed E-state index contributed by atoms with van der Waals surface area (Å²) < 4.78 is 0. The van der Waals surface area contributed by atoms with Crippen molar-refractivity contribution in [1.82, 2.24) is 15.1 Å². The van der Waals surface area contributed by atoms with Gasteiger partial charge < -0.3 is 15.1 Å². The van der Waals surface area contributed by atoms with Crippen molar-refractivity contribution >= 4 is 47.4 Å². The molecule has 2 atom stereocenters. The van der Waals surface area contributed by atoms with Crippen molar-refractivity contribution < 1.29 is 4.79 Å². The number of piperazine rings is 1. The predicted molar refractivity (Wildman–Crippen MR) is 108 cm³/mol. The van der Waals surface area contributed by atoms with Crippen LogP contribution in [-0.4, -0.2) is 54.4 Å². The van der Waals surface area contributed by atoms with Crippen LogP contribution in [0.25, 0.3) is 0 Å². The minimum atomic E-state index is 0. The quantitative estimate of drug-likeness (QED) is 0.427. The van der Waals surface area contributed by atoms with Crippen LogP contribution in [0, 0.1) is 5.92 Å². The van der Waals surface area contributed by atoms with E-state index in [1.54, 1.807) is 7.05 Å². The number of aliphatic imine (C=N–C) groups is 1. The van der Waals surface area contributed by atoms with Crippen LogP contribution in [0.5, 0.6) is 0 Å². The van der Waals surface area contributed by atoms with E-state index in [1.165, 1.54) is 6.42 Å². The van der Waals surface area contributed by atoms with Gasteiger partial charge in [0.15, 0.2) is 5.96 Å². The summed E-state index contributed by atoms with van der Waals surface area (Å²) in [6.07, 6.45) is 1.18. The molecule has 1 aromatic carbocycles. The molecule has 0 spiro atoms. The molecule has 0 bridgehead atoms. The SMILES string of the molecule is CN=C(NC1CC1C)N1CCN(Cc2ccc(Cl)cc2)C(=O)C1.I. The fourth-order valence-corrected chi connectivity index (χ4v) is 2.98. The number of benzene rings is 1. The first-order valence-corrected chi connectivity index (χ1v) is 8.45. The molecule has 0 radical (unpaired) electrons.